The van der Waals surface area contributed by atoms with Crippen molar-refractivity contribution in [2.45, 2.75) is 124 Å². The van der Waals surface area contributed by atoms with Crippen molar-refractivity contribution in [1.29, 1.82) is 0 Å². The maximum absolute atomic E-state index is 12.8. The van der Waals surface area contributed by atoms with E-state index in [9.17, 15) is 9.59 Å². The molecule has 0 spiro atoms. The second-order valence-electron chi connectivity index (χ2n) is 20.7. The number of anilines is 1. The molecule has 398 valence electrons. The van der Waals surface area contributed by atoms with Gasteiger partial charge in [0, 0.05) is 67.0 Å². The van der Waals surface area contributed by atoms with E-state index in [1.54, 1.807) is 0 Å². The number of hydrogen-bond acceptors (Lipinski definition) is 9. The number of amides is 2. The van der Waals surface area contributed by atoms with E-state index in [0.717, 1.165) is 62.3 Å². The van der Waals surface area contributed by atoms with Gasteiger partial charge in [0.2, 0.25) is 11.6 Å². The molecule has 0 atom stereocenters. The highest BCUT2D eigenvalue weighted by atomic mass is 127. The minimum absolute atomic E-state index is 0. The van der Waals surface area contributed by atoms with Crippen LogP contribution in [-0.2, 0) is 45.7 Å². The van der Waals surface area contributed by atoms with Gasteiger partial charge in [-0.1, -0.05) is 82.3 Å². The summed E-state index contributed by atoms with van der Waals surface area (Å²) in [5, 5.41) is 5.62. The van der Waals surface area contributed by atoms with Crippen LogP contribution in [0.25, 0.3) is 0 Å². The molecule has 2 amide bonds. The largest absolute Gasteiger partial charge is 1.00 e. The number of ether oxygens (including phenoxy) is 6. The molecule has 6 rings (SSSR count). The van der Waals surface area contributed by atoms with Gasteiger partial charge in [-0.2, -0.15) is 4.58 Å². The smallest absolute Gasteiger partial charge is 0.407 e. The number of hydrogen-bond donors (Lipinski definition) is 2. The molecule has 2 N–H and O–H groups in total. The first-order valence-corrected chi connectivity index (χ1v) is 26.4. The predicted octanol–water partition coefficient (Wildman–Crippen LogP) is 8.21. The third-order valence-corrected chi connectivity index (χ3v) is 13.2. The van der Waals surface area contributed by atoms with Gasteiger partial charge in [-0.25, -0.2) is 4.79 Å². The number of carbonyl (C=O) groups is 2. The average molecular weight is 1120 g/mol. The summed E-state index contributed by atoms with van der Waals surface area (Å²) in [4.78, 5) is 26.9. The summed E-state index contributed by atoms with van der Waals surface area (Å²) in [7, 11) is 0. The predicted molar refractivity (Wildman–Crippen MR) is 289 cm³/mol. The monoisotopic (exact) mass is 1110 g/mol. The minimum Gasteiger partial charge on any atom is -1.00 e. The Morgan fingerprint density at radius 3 is 1.97 bits per heavy atom. The van der Waals surface area contributed by atoms with Gasteiger partial charge in [-0.3, -0.25) is 4.79 Å². The van der Waals surface area contributed by atoms with Crippen molar-refractivity contribution in [3.05, 3.63) is 136 Å². The standard InChI is InChI=1S/C60H82N4O8.HI/c1-10-35-63-51-21-14-12-19-49(51)59(6,7)53(63)30-26-46-17-16-18-47(27-31-54-60(8,9)50-20-13-15-22-52(50)64(54)36-11-2)56(46)71-48-28-23-45(24-29-48)25-32-55(65)61-33-37-67-39-41-69-43-44-70-42-40-68-38-34-62-57(66)72-58(3,4)5;/h12-15,19-24,26-31H,10-11,16-18,25,32-44H2,1-9H3,(H-,61,62,65,66);1H. The highest BCUT2D eigenvalue weighted by Crippen LogP contribution is 2.48. The van der Waals surface area contributed by atoms with Gasteiger partial charge in [0.05, 0.1) is 58.3 Å². The summed E-state index contributed by atoms with van der Waals surface area (Å²) in [6.45, 7) is 25.4. The van der Waals surface area contributed by atoms with E-state index in [4.69, 9.17) is 28.4 Å². The van der Waals surface area contributed by atoms with Gasteiger partial charge in [0.15, 0.2) is 5.71 Å². The number of para-hydroxylation sites is 2. The Morgan fingerprint density at radius 1 is 0.712 bits per heavy atom. The average Bonchev–Trinajstić information content (AvgIpc) is 3.70. The fraction of sp³-hybridized carbons (Fsp3) is 0.517. The van der Waals surface area contributed by atoms with E-state index in [1.807, 2.05) is 32.9 Å². The number of allylic oxidation sites excluding steroid dienone is 7. The fourth-order valence-corrected chi connectivity index (χ4v) is 9.67. The maximum atomic E-state index is 12.8. The van der Waals surface area contributed by atoms with Crippen LogP contribution >= 0.6 is 0 Å². The third-order valence-electron chi connectivity index (χ3n) is 13.2. The number of nitrogens with one attached hydrogen (secondary N) is 2. The number of alkyl carbamates (subject to hydrolysis) is 1. The third kappa shape index (κ3) is 16.9. The molecular formula is C60H83IN4O8. The van der Waals surface area contributed by atoms with E-state index in [2.05, 4.69) is 147 Å². The lowest BCUT2D eigenvalue weighted by molar-refractivity contribution is -0.437. The van der Waals surface area contributed by atoms with E-state index in [-0.39, 0.29) is 40.7 Å². The van der Waals surface area contributed by atoms with E-state index < -0.39 is 11.7 Å². The van der Waals surface area contributed by atoms with Crippen molar-refractivity contribution in [2.75, 3.05) is 83.9 Å². The van der Waals surface area contributed by atoms with Crippen molar-refractivity contribution in [3.8, 4) is 5.75 Å². The summed E-state index contributed by atoms with van der Waals surface area (Å²) < 4.78 is 36.9. The molecule has 0 saturated heterocycles. The van der Waals surface area contributed by atoms with Crippen molar-refractivity contribution >= 4 is 29.1 Å². The number of aryl methyl sites for hydroxylation is 1. The normalized spacial score (nSPS) is 17.0. The van der Waals surface area contributed by atoms with Crippen molar-refractivity contribution in [1.82, 2.24) is 10.6 Å². The number of carbonyl (C=O) groups excluding carboxylic acids is 2. The van der Waals surface area contributed by atoms with E-state index in [0.29, 0.717) is 78.8 Å². The van der Waals surface area contributed by atoms with Crippen LogP contribution in [0.2, 0.25) is 0 Å². The maximum Gasteiger partial charge on any atom is 0.407 e. The molecule has 3 aromatic rings. The second-order valence-corrected chi connectivity index (χ2v) is 20.7. The van der Waals surface area contributed by atoms with Gasteiger partial charge >= 0.3 is 6.09 Å². The molecule has 0 saturated carbocycles. The topological polar surface area (TPSA) is 120 Å². The van der Waals surface area contributed by atoms with E-state index in [1.165, 1.54) is 45.1 Å². The number of nitrogens with zero attached hydrogens (tertiary/aromatic N) is 2. The molecule has 2 aliphatic heterocycles. The molecule has 3 aromatic carbocycles. The van der Waals surface area contributed by atoms with Gasteiger partial charge in [-0.15, -0.1) is 0 Å². The van der Waals surface area contributed by atoms with E-state index >= 15 is 0 Å². The molecular weight excluding hydrogens is 1030 g/mol. The SMILES string of the molecule is CCCN1/C(=C/C=C2\CCCC(/C=C/C3=[N+](CCC)c4ccccc4C3(C)C)=C2Oc2ccc(CCC(=O)NCCOCCOCCOCCOCCNC(=O)OC(C)(C)C)cc2)C(C)(C)c2ccccc21.[I-]. The zero-order valence-electron chi connectivity index (χ0n) is 45.2. The molecule has 0 bridgehead atoms. The molecule has 2 heterocycles. The van der Waals surface area contributed by atoms with Crippen LogP contribution in [0.1, 0.15) is 118 Å². The highest BCUT2D eigenvalue weighted by Gasteiger charge is 2.44. The molecule has 0 aromatic heterocycles. The van der Waals surface area contributed by atoms with Crippen molar-refractivity contribution < 1.29 is 66.6 Å². The molecule has 0 fully saturated rings. The lowest BCUT2D eigenvalue weighted by Crippen LogP contribution is -3.00. The van der Waals surface area contributed by atoms with Crippen LogP contribution in [-0.4, -0.2) is 107 Å². The first-order chi connectivity index (χ1) is 34.6. The number of rotatable bonds is 27. The molecule has 73 heavy (non-hydrogen) atoms. The van der Waals surface area contributed by atoms with Crippen LogP contribution in [0.5, 0.6) is 5.75 Å². The van der Waals surface area contributed by atoms with Crippen LogP contribution in [0, 0.1) is 0 Å². The van der Waals surface area contributed by atoms with Crippen LogP contribution < -0.4 is 44.2 Å². The second kappa shape index (κ2) is 28.8. The first-order valence-electron chi connectivity index (χ1n) is 26.4. The van der Waals surface area contributed by atoms with Crippen molar-refractivity contribution in [2.24, 2.45) is 0 Å². The van der Waals surface area contributed by atoms with Gasteiger partial charge in [-0.05, 0) is 119 Å². The number of fused-ring (bicyclic) bond motifs is 2. The molecule has 1 aliphatic carbocycles. The van der Waals surface area contributed by atoms with Crippen LogP contribution in [0.4, 0.5) is 16.2 Å². The molecule has 12 nitrogen and oxygen atoms in total. The zero-order valence-corrected chi connectivity index (χ0v) is 47.4. The Kier molecular flexibility index (Phi) is 23.3. The van der Waals surface area contributed by atoms with Gasteiger partial charge in [0.25, 0.3) is 0 Å². The quantitative estimate of drug-likeness (QED) is 0.0443. The lowest BCUT2D eigenvalue weighted by Gasteiger charge is -2.27. The summed E-state index contributed by atoms with van der Waals surface area (Å²) in [6.07, 6.45) is 14.9. The fourth-order valence-electron chi connectivity index (χ4n) is 9.67. The summed E-state index contributed by atoms with van der Waals surface area (Å²) in [5.74, 6) is 1.69. The lowest BCUT2D eigenvalue weighted by atomic mass is 9.81. The Morgan fingerprint density at radius 2 is 1.33 bits per heavy atom. The van der Waals surface area contributed by atoms with Crippen LogP contribution in [0.15, 0.2) is 120 Å². The molecule has 3 aliphatic rings. The summed E-state index contributed by atoms with van der Waals surface area (Å²) >= 11 is 0. The molecule has 0 radical (unpaired) electrons. The highest BCUT2D eigenvalue weighted by molar-refractivity contribution is 6.03. The Labute approximate surface area is 453 Å². The first kappa shape index (κ1) is 59.1. The van der Waals surface area contributed by atoms with Gasteiger partial charge in [0.1, 0.15) is 23.7 Å². The van der Waals surface area contributed by atoms with Crippen LogP contribution in [0.3, 0.4) is 0 Å². The summed E-state index contributed by atoms with van der Waals surface area (Å²) in [5.41, 5.74) is 10.6. The minimum atomic E-state index is -0.528. The van der Waals surface area contributed by atoms with Gasteiger partial charge < -0.3 is 67.9 Å². The number of benzene rings is 3. The zero-order chi connectivity index (χ0) is 51.6. The number of halogens is 1. The Balaban J connectivity index is 0.00000988. The molecule has 13 heteroatoms. The van der Waals surface area contributed by atoms with Crippen molar-refractivity contribution in [3.63, 3.8) is 0 Å². The molecule has 0 unspecified atom stereocenters. The Bertz CT molecular complexity index is 2430. The summed E-state index contributed by atoms with van der Waals surface area (Å²) in [6, 6.07) is 25.9. The Hall–Kier alpha value is -4.80.